The summed E-state index contributed by atoms with van der Waals surface area (Å²) in [5, 5.41) is 11.7. The molecule has 0 unspecified atom stereocenters. The van der Waals surface area contributed by atoms with Gasteiger partial charge in [0, 0.05) is 23.6 Å². The number of benzene rings is 2. The number of hydrogen-bond acceptors (Lipinski definition) is 4. The molecule has 0 aliphatic carbocycles. The van der Waals surface area contributed by atoms with Gasteiger partial charge in [-0.05, 0) is 42.4 Å². The van der Waals surface area contributed by atoms with E-state index in [1.54, 1.807) is 23.4 Å². The third-order valence-corrected chi connectivity index (χ3v) is 4.32. The van der Waals surface area contributed by atoms with Gasteiger partial charge in [0.05, 0.1) is 12.5 Å². The molecular weight excluding hydrogens is 344 g/mol. The number of imidazole rings is 1. The molecular formula is C19H16N6S. The molecule has 0 atom stereocenters. The van der Waals surface area contributed by atoms with E-state index in [0.717, 1.165) is 22.4 Å². The van der Waals surface area contributed by atoms with Crippen molar-refractivity contribution >= 4 is 18.4 Å². The van der Waals surface area contributed by atoms with Gasteiger partial charge in [-0.1, -0.05) is 36.4 Å². The van der Waals surface area contributed by atoms with Crippen molar-refractivity contribution in [3.63, 3.8) is 0 Å². The van der Waals surface area contributed by atoms with Crippen molar-refractivity contribution in [3.05, 3.63) is 83.1 Å². The molecule has 0 spiro atoms. The third-order valence-electron chi connectivity index (χ3n) is 4.05. The first-order valence-electron chi connectivity index (χ1n) is 8.08. The van der Waals surface area contributed by atoms with Crippen molar-refractivity contribution in [2.45, 2.75) is 6.92 Å². The molecule has 6 nitrogen and oxygen atoms in total. The molecule has 0 saturated heterocycles. The van der Waals surface area contributed by atoms with Crippen LogP contribution >= 0.6 is 12.2 Å². The van der Waals surface area contributed by atoms with Crippen LogP contribution in [0.5, 0.6) is 0 Å². The molecule has 0 saturated carbocycles. The average molecular weight is 360 g/mol. The maximum atomic E-state index is 5.33. The zero-order valence-corrected chi connectivity index (χ0v) is 14.9. The Bertz CT molecular complexity index is 1100. The van der Waals surface area contributed by atoms with Crippen molar-refractivity contribution in [2.75, 3.05) is 0 Å². The maximum absolute atomic E-state index is 5.33. The molecule has 2 heterocycles. The standard InChI is InChI=1S/C19H16N6S/c1-14-4-2-3-5-17(14)18-22-23-19(26)25(18)21-12-15-6-8-16(9-7-15)24-11-10-20-13-24/h2-13H,1H3,(H,23,26)/b21-12+. The highest BCUT2D eigenvalue weighted by Crippen LogP contribution is 2.21. The van der Waals surface area contributed by atoms with E-state index in [9.17, 15) is 0 Å². The Labute approximate surface area is 155 Å². The number of hydrogen-bond donors (Lipinski definition) is 1. The minimum atomic E-state index is 0.453. The van der Waals surface area contributed by atoms with Gasteiger partial charge in [-0.3, -0.25) is 0 Å². The van der Waals surface area contributed by atoms with Crippen LogP contribution in [0.15, 0.2) is 72.4 Å². The van der Waals surface area contributed by atoms with E-state index in [-0.39, 0.29) is 0 Å². The molecule has 0 radical (unpaired) electrons. The molecule has 2 aromatic heterocycles. The summed E-state index contributed by atoms with van der Waals surface area (Å²) in [6.07, 6.45) is 7.19. The lowest BCUT2D eigenvalue weighted by molar-refractivity contribution is 0.871. The maximum Gasteiger partial charge on any atom is 0.216 e. The summed E-state index contributed by atoms with van der Waals surface area (Å²) < 4.78 is 4.04. The monoisotopic (exact) mass is 360 g/mol. The van der Waals surface area contributed by atoms with E-state index in [1.165, 1.54) is 0 Å². The first-order valence-corrected chi connectivity index (χ1v) is 8.49. The largest absolute Gasteiger partial charge is 0.306 e. The van der Waals surface area contributed by atoms with Crippen LogP contribution in [0.2, 0.25) is 0 Å². The van der Waals surface area contributed by atoms with E-state index in [4.69, 9.17) is 12.2 Å². The zero-order chi connectivity index (χ0) is 17.9. The number of nitrogens with one attached hydrogen (secondary N) is 1. The first-order chi connectivity index (χ1) is 12.7. The first kappa shape index (κ1) is 16.2. The second-order valence-electron chi connectivity index (χ2n) is 5.79. The minimum Gasteiger partial charge on any atom is -0.306 e. The van der Waals surface area contributed by atoms with Crippen molar-refractivity contribution in [1.82, 2.24) is 24.4 Å². The van der Waals surface area contributed by atoms with E-state index >= 15 is 0 Å². The lowest BCUT2D eigenvalue weighted by Crippen LogP contribution is -1.97. The highest BCUT2D eigenvalue weighted by molar-refractivity contribution is 7.71. The van der Waals surface area contributed by atoms with Crippen LogP contribution in [0.25, 0.3) is 17.1 Å². The summed E-state index contributed by atoms with van der Waals surface area (Å²) >= 11 is 5.33. The fraction of sp³-hybridized carbons (Fsp3) is 0.0526. The van der Waals surface area contributed by atoms with Crippen LogP contribution in [0, 0.1) is 11.7 Å². The fourth-order valence-electron chi connectivity index (χ4n) is 2.67. The summed E-state index contributed by atoms with van der Waals surface area (Å²) in [6, 6.07) is 16.0. The zero-order valence-electron chi connectivity index (χ0n) is 14.1. The smallest absolute Gasteiger partial charge is 0.216 e. The Morgan fingerprint density at radius 2 is 1.92 bits per heavy atom. The molecule has 0 amide bonds. The SMILES string of the molecule is Cc1ccccc1-c1n[nH]c(=S)n1/N=C/c1ccc(-n2ccnc2)cc1. The molecule has 0 aliphatic heterocycles. The van der Waals surface area contributed by atoms with Crippen LogP contribution in [-0.4, -0.2) is 30.6 Å². The Morgan fingerprint density at radius 3 is 2.65 bits per heavy atom. The number of nitrogens with zero attached hydrogens (tertiary/aromatic N) is 5. The molecule has 2 aromatic carbocycles. The van der Waals surface area contributed by atoms with Gasteiger partial charge in [-0.2, -0.15) is 14.9 Å². The number of aryl methyl sites for hydroxylation is 1. The Balaban J connectivity index is 1.65. The normalized spacial score (nSPS) is 11.3. The molecule has 0 fully saturated rings. The van der Waals surface area contributed by atoms with E-state index in [1.807, 2.05) is 66.2 Å². The lowest BCUT2D eigenvalue weighted by atomic mass is 10.1. The second-order valence-corrected chi connectivity index (χ2v) is 6.17. The predicted octanol–water partition coefficient (Wildman–Crippen LogP) is 3.98. The Kier molecular flexibility index (Phi) is 4.28. The van der Waals surface area contributed by atoms with E-state index in [2.05, 4.69) is 20.3 Å². The van der Waals surface area contributed by atoms with Crippen molar-refractivity contribution in [1.29, 1.82) is 0 Å². The van der Waals surface area contributed by atoms with Gasteiger partial charge in [-0.25, -0.2) is 10.1 Å². The summed E-state index contributed by atoms with van der Waals surface area (Å²) in [5.74, 6) is 0.694. The summed E-state index contributed by atoms with van der Waals surface area (Å²) in [4.78, 5) is 4.06. The topological polar surface area (TPSA) is 63.8 Å². The molecule has 0 bridgehead atoms. The number of rotatable bonds is 4. The van der Waals surface area contributed by atoms with Crippen LogP contribution in [-0.2, 0) is 0 Å². The molecule has 4 rings (SSSR count). The highest BCUT2D eigenvalue weighted by Gasteiger charge is 2.10. The predicted molar refractivity (Wildman–Crippen MR) is 104 cm³/mol. The summed E-state index contributed by atoms with van der Waals surface area (Å²) in [6.45, 7) is 2.04. The quantitative estimate of drug-likeness (QED) is 0.442. The molecule has 26 heavy (non-hydrogen) atoms. The number of aromatic nitrogens is 5. The van der Waals surface area contributed by atoms with E-state index < -0.39 is 0 Å². The van der Waals surface area contributed by atoms with E-state index in [0.29, 0.717) is 10.6 Å². The average Bonchev–Trinajstić information content (AvgIpc) is 3.31. The fourth-order valence-corrected chi connectivity index (χ4v) is 2.84. The summed E-state index contributed by atoms with van der Waals surface area (Å²) in [7, 11) is 0. The molecule has 1 N–H and O–H groups in total. The van der Waals surface area contributed by atoms with Gasteiger partial charge in [-0.15, -0.1) is 0 Å². The molecule has 128 valence electrons. The van der Waals surface area contributed by atoms with Crippen molar-refractivity contribution < 1.29 is 0 Å². The van der Waals surface area contributed by atoms with Gasteiger partial charge in [0.25, 0.3) is 0 Å². The van der Waals surface area contributed by atoms with Crippen molar-refractivity contribution in [3.8, 4) is 17.1 Å². The van der Waals surface area contributed by atoms with Crippen LogP contribution < -0.4 is 0 Å². The van der Waals surface area contributed by atoms with Crippen molar-refractivity contribution in [2.24, 2.45) is 5.10 Å². The number of H-pyrrole nitrogens is 1. The molecule has 7 heteroatoms. The van der Waals surface area contributed by atoms with Gasteiger partial charge in [0.2, 0.25) is 4.77 Å². The highest BCUT2D eigenvalue weighted by atomic mass is 32.1. The second kappa shape index (κ2) is 6.89. The van der Waals surface area contributed by atoms with Gasteiger partial charge in [0.15, 0.2) is 5.82 Å². The Morgan fingerprint density at radius 1 is 1.12 bits per heavy atom. The van der Waals surface area contributed by atoms with Crippen LogP contribution in [0.4, 0.5) is 0 Å². The minimum absolute atomic E-state index is 0.453. The number of aromatic amines is 1. The molecule has 0 aliphatic rings. The van der Waals surface area contributed by atoms with Gasteiger partial charge >= 0.3 is 0 Å². The van der Waals surface area contributed by atoms with Crippen LogP contribution in [0.1, 0.15) is 11.1 Å². The van der Waals surface area contributed by atoms with Crippen LogP contribution in [0.3, 0.4) is 0 Å². The summed E-state index contributed by atoms with van der Waals surface area (Å²) in [5.41, 5.74) is 4.11. The van der Waals surface area contributed by atoms with Gasteiger partial charge < -0.3 is 4.57 Å². The third kappa shape index (κ3) is 3.12. The van der Waals surface area contributed by atoms with Gasteiger partial charge in [0.1, 0.15) is 0 Å². The Hall–Kier alpha value is -3.32. The molecule has 4 aromatic rings. The lowest BCUT2D eigenvalue weighted by Gasteiger charge is -2.04.